The molecule has 0 bridgehead atoms. The molecule has 0 aliphatic carbocycles. The van der Waals surface area contributed by atoms with Gasteiger partial charge in [-0.25, -0.2) is 9.97 Å². The van der Waals surface area contributed by atoms with Gasteiger partial charge in [-0.3, -0.25) is 9.69 Å². The Hall–Kier alpha value is -2.58. The molecule has 3 heterocycles. The van der Waals surface area contributed by atoms with Crippen LogP contribution in [0.25, 0.3) is 6.08 Å². The van der Waals surface area contributed by atoms with E-state index in [1.807, 2.05) is 65.6 Å². The van der Waals surface area contributed by atoms with Crippen LogP contribution in [0.2, 0.25) is 10.0 Å². The number of halogens is 2. The van der Waals surface area contributed by atoms with Crippen molar-refractivity contribution in [2.45, 2.75) is 11.8 Å². The van der Waals surface area contributed by atoms with Crippen molar-refractivity contribution in [2.75, 3.05) is 44.2 Å². The molecule has 0 N–H and O–H groups in total. The van der Waals surface area contributed by atoms with Crippen LogP contribution in [0.1, 0.15) is 22.9 Å². The number of thioether (sulfide) groups is 1. The second kappa shape index (κ2) is 11.6. The van der Waals surface area contributed by atoms with Crippen LogP contribution in [0.15, 0.2) is 71.9 Å². The second-order valence-electron chi connectivity index (χ2n) is 8.82. The lowest BCUT2D eigenvalue weighted by Crippen LogP contribution is -2.47. The highest BCUT2D eigenvalue weighted by Crippen LogP contribution is 2.46. The maximum atomic E-state index is 13.5. The minimum Gasteiger partial charge on any atom is -0.338 e. The lowest BCUT2D eigenvalue weighted by molar-refractivity contribution is -0.126. The average Bonchev–Trinajstić information content (AvgIpc) is 3.20. The van der Waals surface area contributed by atoms with Crippen LogP contribution in [0.3, 0.4) is 0 Å². The van der Waals surface area contributed by atoms with E-state index in [-0.39, 0.29) is 11.3 Å². The SMILES string of the molecule is O=C1C(=Cc2cccc(Cl)c2)SC(c2cccc(Cl)c2)N1CCCN1CCN(c2ncccn2)CC1. The zero-order valence-electron chi connectivity index (χ0n) is 19.8. The van der Waals surface area contributed by atoms with Crippen molar-refractivity contribution < 1.29 is 4.79 Å². The Morgan fingerprint density at radius 1 is 0.917 bits per heavy atom. The number of aromatic nitrogens is 2. The molecule has 186 valence electrons. The fraction of sp³-hybridized carbons (Fsp3) is 0.296. The summed E-state index contributed by atoms with van der Waals surface area (Å²) in [5.41, 5.74) is 1.96. The normalized spacial score (nSPS) is 19.9. The third kappa shape index (κ3) is 6.03. The molecule has 36 heavy (non-hydrogen) atoms. The van der Waals surface area contributed by atoms with Crippen molar-refractivity contribution >= 4 is 52.9 Å². The zero-order valence-corrected chi connectivity index (χ0v) is 22.1. The van der Waals surface area contributed by atoms with Gasteiger partial charge in [-0.2, -0.15) is 0 Å². The van der Waals surface area contributed by atoms with Crippen LogP contribution in [0.4, 0.5) is 5.95 Å². The summed E-state index contributed by atoms with van der Waals surface area (Å²) in [6.07, 6.45) is 6.40. The molecule has 6 nitrogen and oxygen atoms in total. The number of hydrogen-bond donors (Lipinski definition) is 0. The first-order valence-electron chi connectivity index (χ1n) is 12.0. The molecule has 1 atom stereocenters. The quantitative estimate of drug-likeness (QED) is 0.363. The minimum atomic E-state index is -0.103. The zero-order chi connectivity index (χ0) is 24.9. The highest BCUT2D eigenvalue weighted by molar-refractivity contribution is 8.04. The van der Waals surface area contributed by atoms with E-state index >= 15 is 0 Å². The number of nitrogens with zero attached hydrogens (tertiary/aromatic N) is 5. The number of amides is 1. The standard InChI is InChI=1S/C27H27Cl2N5OS/c28-22-7-1-5-20(17-22)18-24-25(35)34(26(36-24)21-6-2-8-23(29)19-21)12-4-11-32-13-15-33(16-14-32)27-30-9-3-10-31-27/h1-3,5-10,17-19,26H,4,11-16H2. The van der Waals surface area contributed by atoms with Crippen LogP contribution < -0.4 is 4.90 Å². The van der Waals surface area contributed by atoms with E-state index in [9.17, 15) is 4.79 Å². The van der Waals surface area contributed by atoms with Gasteiger partial charge in [0.2, 0.25) is 5.95 Å². The molecule has 2 aliphatic heterocycles. The molecule has 5 rings (SSSR count). The summed E-state index contributed by atoms with van der Waals surface area (Å²) in [6, 6.07) is 17.2. The van der Waals surface area contributed by atoms with Gasteiger partial charge >= 0.3 is 0 Å². The summed E-state index contributed by atoms with van der Waals surface area (Å²) in [5, 5.41) is 1.23. The highest BCUT2D eigenvalue weighted by Gasteiger charge is 2.37. The molecule has 0 saturated carbocycles. The number of hydrogen-bond acceptors (Lipinski definition) is 6. The Morgan fingerprint density at radius 2 is 1.64 bits per heavy atom. The summed E-state index contributed by atoms with van der Waals surface area (Å²) < 4.78 is 0. The Kier molecular flexibility index (Phi) is 8.12. The molecule has 3 aromatic rings. The molecule has 2 aliphatic rings. The predicted octanol–water partition coefficient (Wildman–Crippen LogP) is 5.61. The Labute approximate surface area is 225 Å². The first kappa shape index (κ1) is 25.1. The van der Waals surface area contributed by atoms with Gasteiger partial charge in [0.15, 0.2) is 0 Å². The first-order valence-corrected chi connectivity index (χ1v) is 13.6. The summed E-state index contributed by atoms with van der Waals surface area (Å²) >= 11 is 14.0. The van der Waals surface area contributed by atoms with Gasteiger partial charge in [-0.15, -0.1) is 0 Å². The monoisotopic (exact) mass is 539 g/mol. The van der Waals surface area contributed by atoms with Crippen molar-refractivity contribution in [3.63, 3.8) is 0 Å². The van der Waals surface area contributed by atoms with Crippen molar-refractivity contribution in [1.82, 2.24) is 19.8 Å². The average molecular weight is 541 g/mol. The lowest BCUT2D eigenvalue weighted by Gasteiger charge is -2.35. The van der Waals surface area contributed by atoms with E-state index in [2.05, 4.69) is 19.8 Å². The molecule has 9 heteroatoms. The molecule has 1 unspecified atom stereocenters. The van der Waals surface area contributed by atoms with Gasteiger partial charge in [0.05, 0.1) is 4.91 Å². The molecule has 2 aromatic carbocycles. The number of carbonyl (C=O) groups excluding carboxylic acids is 1. The van der Waals surface area contributed by atoms with Crippen LogP contribution in [0.5, 0.6) is 0 Å². The van der Waals surface area contributed by atoms with E-state index in [4.69, 9.17) is 23.2 Å². The molecular formula is C27H27Cl2N5OS. The topological polar surface area (TPSA) is 52.6 Å². The van der Waals surface area contributed by atoms with Gasteiger partial charge in [0.25, 0.3) is 5.91 Å². The molecule has 2 saturated heterocycles. The van der Waals surface area contributed by atoms with Crippen LogP contribution >= 0.6 is 35.0 Å². The summed E-state index contributed by atoms with van der Waals surface area (Å²) in [5.74, 6) is 0.844. The van der Waals surface area contributed by atoms with Crippen LogP contribution in [0, 0.1) is 0 Å². The summed E-state index contributed by atoms with van der Waals surface area (Å²) in [6.45, 7) is 5.34. The highest BCUT2D eigenvalue weighted by atomic mass is 35.5. The van der Waals surface area contributed by atoms with Gasteiger partial charge in [0, 0.05) is 55.2 Å². The Balaban J connectivity index is 1.24. The van der Waals surface area contributed by atoms with E-state index in [0.29, 0.717) is 16.6 Å². The second-order valence-corrected chi connectivity index (χ2v) is 10.8. The van der Waals surface area contributed by atoms with E-state index < -0.39 is 0 Å². The maximum absolute atomic E-state index is 13.5. The number of anilines is 1. The number of benzene rings is 2. The fourth-order valence-electron chi connectivity index (χ4n) is 4.54. The third-order valence-electron chi connectivity index (χ3n) is 6.35. The molecule has 1 aromatic heterocycles. The predicted molar refractivity (Wildman–Crippen MR) is 148 cm³/mol. The maximum Gasteiger partial charge on any atom is 0.261 e. The van der Waals surface area contributed by atoms with Gasteiger partial charge in [0.1, 0.15) is 5.37 Å². The van der Waals surface area contributed by atoms with Crippen molar-refractivity contribution in [3.05, 3.63) is 93.1 Å². The molecule has 2 fully saturated rings. The molecular weight excluding hydrogens is 513 g/mol. The lowest BCUT2D eigenvalue weighted by atomic mass is 10.2. The van der Waals surface area contributed by atoms with Crippen molar-refractivity contribution in [1.29, 1.82) is 0 Å². The summed E-state index contributed by atoms with van der Waals surface area (Å²) in [4.78, 5) is 29.6. The smallest absolute Gasteiger partial charge is 0.261 e. The Morgan fingerprint density at radius 3 is 2.36 bits per heavy atom. The van der Waals surface area contributed by atoms with Crippen LogP contribution in [-0.4, -0.2) is 64.9 Å². The van der Waals surface area contributed by atoms with Gasteiger partial charge < -0.3 is 9.80 Å². The fourth-order valence-corrected chi connectivity index (χ4v) is 6.21. The van der Waals surface area contributed by atoms with Gasteiger partial charge in [-0.1, -0.05) is 59.2 Å². The molecule has 0 spiro atoms. The van der Waals surface area contributed by atoms with Crippen molar-refractivity contribution in [2.24, 2.45) is 0 Å². The first-order chi connectivity index (χ1) is 17.6. The van der Waals surface area contributed by atoms with Crippen LogP contribution in [-0.2, 0) is 4.79 Å². The van der Waals surface area contributed by atoms with E-state index in [1.165, 1.54) is 0 Å². The van der Waals surface area contributed by atoms with E-state index in [0.717, 1.165) is 61.1 Å². The third-order valence-corrected chi connectivity index (χ3v) is 8.12. The molecule has 1 amide bonds. The number of carbonyl (C=O) groups is 1. The van der Waals surface area contributed by atoms with E-state index in [1.54, 1.807) is 24.2 Å². The van der Waals surface area contributed by atoms with Gasteiger partial charge in [-0.05, 0) is 60.5 Å². The summed E-state index contributed by atoms with van der Waals surface area (Å²) in [7, 11) is 0. The number of piperazine rings is 1. The Bertz CT molecular complexity index is 1230. The molecule has 0 radical (unpaired) electrons. The van der Waals surface area contributed by atoms with Crippen molar-refractivity contribution in [3.8, 4) is 0 Å². The largest absolute Gasteiger partial charge is 0.338 e. The minimum absolute atomic E-state index is 0.0518. The number of rotatable bonds is 7.